The molecule has 0 aliphatic rings. The molecule has 0 radical (unpaired) electrons. The van der Waals surface area contributed by atoms with Gasteiger partial charge in [0.15, 0.2) is 0 Å². The molecule has 0 bridgehead atoms. The van der Waals surface area contributed by atoms with E-state index in [2.05, 4.69) is 0 Å². The van der Waals surface area contributed by atoms with Crippen LogP contribution in [0, 0.1) is 0 Å². The summed E-state index contributed by atoms with van der Waals surface area (Å²) in [5, 5.41) is 0. The Hall–Kier alpha value is -3.54. The van der Waals surface area contributed by atoms with Gasteiger partial charge in [-0.1, -0.05) is 48.6 Å². The van der Waals surface area contributed by atoms with Crippen LogP contribution in [0.15, 0.2) is 72.8 Å². The predicted octanol–water partition coefficient (Wildman–Crippen LogP) is 3.60. The molecule has 0 saturated carbocycles. The fraction of sp³-hybridized carbons (Fsp3) is 0.182. The summed E-state index contributed by atoms with van der Waals surface area (Å²) < 4.78 is 20.7. The lowest BCUT2D eigenvalue weighted by Gasteiger charge is -2.07. The molecule has 0 aromatic heterocycles. The fourth-order valence-corrected chi connectivity index (χ4v) is 2.31. The minimum atomic E-state index is -0.530. The number of ether oxygens (including phenoxy) is 4. The number of benzene rings is 2. The van der Waals surface area contributed by atoms with Crippen LogP contribution in [0.4, 0.5) is 0 Å². The zero-order valence-corrected chi connectivity index (χ0v) is 15.8. The van der Waals surface area contributed by atoms with E-state index in [0.29, 0.717) is 11.5 Å². The van der Waals surface area contributed by atoms with E-state index >= 15 is 0 Å². The van der Waals surface area contributed by atoms with Crippen LogP contribution >= 0.6 is 0 Å². The third-order valence-corrected chi connectivity index (χ3v) is 3.70. The highest BCUT2D eigenvalue weighted by molar-refractivity contribution is 5.84. The van der Waals surface area contributed by atoms with Crippen molar-refractivity contribution in [3.63, 3.8) is 0 Å². The Balaban J connectivity index is 1.75. The van der Waals surface area contributed by atoms with Gasteiger partial charge in [-0.3, -0.25) is 0 Å². The zero-order valence-electron chi connectivity index (χ0n) is 15.8. The van der Waals surface area contributed by atoms with Crippen LogP contribution in [0.3, 0.4) is 0 Å². The Morgan fingerprint density at radius 3 is 1.50 bits per heavy atom. The van der Waals surface area contributed by atoms with Crippen molar-refractivity contribution in [3.8, 4) is 11.5 Å². The topological polar surface area (TPSA) is 71.1 Å². The van der Waals surface area contributed by atoms with Crippen molar-refractivity contribution in [3.05, 3.63) is 84.0 Å². The van der Waals surface area contributed by atoms with E-state index in [0.717, 1.165) is 11.1 Å². The highest BCUT2D eigenvalue weighted by Crippen LogP contribution is 2.18. The lowest BCUT2D eigenvalue weighted by molar-refractivity contribution is -0.140. The number of carbonyl (C=O) groups excluding carboxylic acids is 2. The van der Waals surface area contributed by atoms with E-state index in [1.54, 1.807) is 26.4 Å². The lowest BCUT2D eigenvalue weighted by Crippen LogP contribution is -2.02. The molecular formula is C22H22O6. The lowest BCUT2D eigenvalue weighted by atomic mass is 10.2. The van der Waals surface area contributed by atoms with E-state index in [9.17, 15) is 9.59 Å². The molecule has 2 aromatic carbocycles. The van der Waals surface area contributed by atoms with Gasteiger partial charge in [0.25, 0.3) is 0 Å². The minimum absolute atomic E-state index is 0.0951. The molecule has 0 fully saturated rings. The summed E-state index contributed by atoms with van der Waals surface area (Å²) in [6.45, 7) is 0.190. The van der Waals surface area contributed by atoms with Gasteiger partial charge < -0.3 is 18.9 Å². The first kappa shape index (κ1) is 20.8. The van der Waals surface area contributed by atoms with Crippen molar-refractivity contribution in [2.75, 3.05) is 14.2 Å². The molecule has 2 aromatic rings. The molecule has 0 saturated heterocycles. The monoisotopic (exact) mass is 382 g/mol. The standard InChI is InChI=1S/C22H22O6/c1-25-19-11-5-3-9-17(19)15-27-21(23)13-7-8-14-22(24)28-16-18-10-4-6-12-20(18)26-2/h3-14H,15-16H2,1-2H3/b13-7+,14-8+. The fourth-order valence-electron chi connectivity index (χ4n) is 2.31. The van der Waals surface area contributed by atoms with Crippen molar-refractivity contribution >= 4 is 11.9 Å². The Morgan fingerprint density at radius 2 is 1.11 bits per heavy atom. The van der Waals surface area contributed by atoms with Gasteiger partial charge in [0.1, 0.15) is 24.7 Å². The second kappa shape index (κ2) is 11.2. The summed E-state index contributed by atoms with van der Waals surface area (Å²) in [7, 11) is 3.11. The second-order valence-electron chi connectivity index (χ2n) is 5.56. The summed E-state index contributed by atoms with van der Waals surface area (Å²) in [5.41, 5.74) is 1.53. The molecule has 2 rings (SSSR count). The van der Waals surface area contributed by atoms with E-state index in [1.807, 2.05) is 36.4 Å². The summed E-state index contributed by atoms with van der Waals surface area (Å²) in [6, 6.07) is 14.5. The molecule has 0 atom stereocenters. The third kappa shape index (κ3) is 6.64. The largest absolute Gasteiger partial charge is 0.496 e. The number of hydrogen-bond donors (Lipinski definition) is 0. The van der Waals surface area contributed by atoms with Crippen LogP contribution < -0.4 is 9.47 Å². The minimum Gasteiger partial charge on any atom is -0.496 e. The highest BCUT2D eigenvalue weighted by atomic mass is 16.5. The molecule has 6 heteroatoms. The van der Waals surface area contributed by atoms with Gasteiger partial charge in [-0.25, -0.2) is 9.59 Å². The molecule has 0 unspecified atom stereocenters. The molecule has 0 heterocycles. The first-order valence-electron chi connectivity index (χ1n) is 8.56. The Bertz CT molecular complexity index is 782. The van der Waals surface area contributed by atoms with Gasteiger partial charge in [-0.15, -0.1) is 0 Å². The first-order valence-corrected chi connectivity index (χ1v) is 8.56. The van der Waals surface area contributed by atoms with Crippen molar-refractivity contribution < 1.29 is 28.5 Å². The molecule has 0 N–H and O–H groups in total. The quantitative estimate of drug-likeness (QED) is 0.375. The van der Waals surface area contributed by atoms with Gasteiger partial charge >= 0.3 is 11.9 Å². The second-order valence-corrected chi connectivity index (χ2v) is 5.56. The van der Waals surface area contributed by atoms with Gasteiger partial charge in [-0.2, -0.15) is 0 Å². The van der Waals surface area contributed by atoms with E-state index in [1.165, 1.54) is 24.3 Å². The summed E-state index contributed by atoms with van der Waals surface area (Å²) in [5.74, 6) is 0.241. The molecule has 28 heavy (non-hydrogen) atoms. The van der Waals surface area contributed by atoms with E-state index in [4.69, 9.17) is 18.9 Å². The Kier molecular flexibility index (Phi) is 8.33. The Morgan fingerprint density at radius 1 is 0.714 bits per heavy atom. The maximum Gasteiger partial charge on any atom is 0.331 e. The SMILES string of the molecule is COc1ccccc1COC(=O)/C=C/C=C/C(=O)OCc1ccccc1OC. The molecule has 0 aliphatic carbocycles. The van der Waals surface area contributed by atoms with Gasteiger partial charge in [0.2, 0.25) is 0 Å². The smallest absolute Gasteiger partial charge is 0.331 e. The number of rotatable bonds is 9. The normalized spacial score (nSPS) is 10.8. The van der Waals surface area contributed by atoms with Crippen LogP contribution in [0.1, 0.15) is 11.1 Å². The number of para-hydroxylation sites is 2. The van der Waals surface area contributed by atoms with Crippen LogP contribution in [0.2, 0.25) is 0 Å². The van der Waals surface area contributed by atoms with Crippen LogP contribution in [0.5, 0.6) is 11.5 Å². The van der Waals surface area contributed by atoms with Crippen molar-refractivity contribution in [1.29, 1.82) is 0 Å². The predicted molar refractivity (Wildman–Crippen MR) is 104 cm³/mol. The molecule has 0 spiro atoms. The number of carbonyl (C=O) groups is 2. The molecular weight excluding hydrogens is 360 g/mol. The first-order chi connectivity index (χ1) is 13.6. The van der Waals surface area contributed by atoms with Crippen molar-refractivity contribution in [2.24, 2.45) is 0 Å². The average Bonchev–Trinajstić information content (AvgIpc) is 2.74. The van der Waals surface area contributed by atoms with Crippen molar-refractivity contribution in [1.82, 2.24) is 0 Å². The van der Waals surface area contributed by atoms with Crippen LogP contribution in [-0.4, -0.2) is 26.2 Å². The van der Waals surface area contributed by atoms with E-state index < -0.39 is 11.9 Å². The average molecular weight is 382 g/mol. The summed E-state index contributed by atoms with van der Waals surface area (Å²) in [6.07, 6.45) is 5.27. The van der Waals surface area contributed by atoms with E-state index in [-0.39, 0.29) is 13.2 Å². The number of hydrogen-bond acceptors (Lipinski definition) is 6. The zero-order chi connectivity index (χ0) is 20.2. The highest BCUT2D eigenvalue weighted by Gasteiger charge is 2.05. The van der Waals surface area contributed by atoms with Crippen LogP contribution in [0.25, 0.3) is 0 Å². The van der Waals surface area contributed by atoms with Crippen LogP contribution in [-0.2, 0) is 32.3 Å². The molecule has 0 amide bonds. The summed E-state index contributed by atoms with van der Waals surface area (Å²) >= 11 is 0. The van der Waals surface area contributed by atoms with Gasteiger partial charge in [0, 0.05) is 23.3 Å². The summed E-state index contributed by atoms with van der Waals surface area (Å²) in [4.78, 5) is 23.5. The molecule has 146 valence electrons. The maximum atomic E-state index is 11.7. The number of methoxy groups -OCH3 is 2. The molecule has 0 aliphatic heterocycles. The van der Waals surface area contributed by atoms with Crippen molar-refractivity contribution in [2.45, 2.75) is 13.2 Å². The third-order valence-electron chi connectivity index (χ3n) is 3.70. The number of esters is 2. The molecule has 6 nitrogen and oxygen atoms in total. The van der Waals surface area contributed by atoms with Gasteiger partial charge in [-0.05, 0) is 12.1 Å². The Labute approximate surface area is 164 Å². The maximum absolute atomic E-state index is 11.7. The van der Waals surface area contributed by atoms with Gasteiger partial charge in [0.05, 0.1) is 14.2 Å². The number of allylic oxidation sites excluding steroid dienone is 2.